The SMILES string of the molecule is O=C(c1cc2cc(O[C@H]3CCNC3)ccc2[nH]1)N1CCOCC1. The number of benzene rings is 1. The summed E-state index contributed by atoms with van der Waals surface area (Å²) in [5.41, 5.74) is 1.58. The van der Waals surface area contributed by atoms with Gasteiger partial charge in [0.15, 0.2) is 0 Å². The van der Waals surface area contributed by atoms with Crippen LogP contribution in [0.3, 0.4) is 0 Å². The standard InChI is InChI=1S/C17H21N3O3/c21-17(20-5-7-22-8-6-20)16-10-12-9-13(1-2-15(12)19-16)23-14-3-4-18-11-14/h1-2,9-10,14,18-19H,3-8,11H2/t14-/m0/s1. The number of nitrogens with zero attached hydrogens (tertiary/aromatic N) is 1. The Kier molecular flexibility index (Phi) is 3.93. The lowest BCUT2D eigenvalue weighted by Gasteiger charge is -2.26. The summed E-state index contributed by atoms with van der Waals surface area (Å²) in [5, 5.41) is 4.30. The molecule has 0 radical (unpaired) electrons. The molecule has 1 aromatic carbocycles. The van der Waals surface area contributed by atoms with Gasteiger partial charge in [0.25, 0.3) is 5.91 Å². The first-order valence-electron chi connectivity index (χ1n) is 8.17. The van der Waals surface area contributed by atoms with Crippen LogP contribution in [-0.4, -0.2) is 61.3 Å². The van der Waals surface area contributed by atoms with Crippen molar-refractivity contribution in [2.24, 2.45) is 0 Å². The van der Waals surface area contributed by atoms with Crippen LogP contribution in [0.1, 0.15) is 16.9 Å². The average molecular weight is 315 g/mol. The fourth-order valence-corrected chi connectivity index (χ4v) is 3.16. The van der Waals surface area contributed by atoms with Gasteiger partial charge in [-0.1, -0.05) is 0 Å². The second kappa shape index (κ2) is 6.22. The minimum Gasteiger partial charge on any atom is -0.489 e. The van der Waals surface area contributed by atoms with E-state index in [9.17, 15) is 4.79 Å². The highest BCUT2D eigenvalue weighted by molar-refractivity contribution is 5.98. The highest BCUT2D eigenvalue weighted by Gasteiger charge is 2.20. The summed E-state index contributed by atoms with van der Waals surface area (Å²) in [6, 6.07) is 7.84. The number of carbonyl (C=O) groups excluding carboxylic acids is 1. The molecule has 0 saturated carbocycles. The zero-order chi connectivity index (χ0) is 15.6. The smallest absolute Gasteiger partial charge is 0.270 e. The number of amides is 1. The maximum atomic E-state index is 12.5. The third-order valence-corrected chi connectivity index (χ3v) is 4.44. The van der Waals surface area contributed by atoms with Gasteiger partial charge in [-0.05, 0) is 37.2 Å². The third kappa shape index (κ3) is 3.04. The van der Waals surface area contributed by atoms with E-state index in [0.29, 0.717) is 32.0 Å². The van der Waals surface area contributed by atoms with Crippen molar-refractivity contribution < 1.29 is 14.3 Å². The van der Waals surface area contributed by atoms with Crippen molar-refractivity contribution in [1.29, 1.82) is 0 Å². The molecule has 0 spiro atoms. The molecule has 2 aromatic rings. The average Bonchev–Trinajstić information content (AvgIpc) is 3.24. The molecule has 2 aliphatic rings. The number of morpholine rings is 1. The predicted molar refractivity (Wildman–Crippen MR) is 86.9 cm³/mol. The fraction of sp³-hybridized carbons (Fsp3) is 0.471. The molecule has 4 rings (SSSR count). The van der Waals surface area contributed by atoms with Gasteiger partial charge in [0.1, 0.15) is 17.5 Å². The number of fused-ring (bicyclic) bond motifs is 1. The number of hydrogen-bond acceptors (Lipinski definition) is 4. The minimum absolute atomic E-state index is 0.0342. The Morgan fingerprint density at radius 1 is 1.26 bits per heavy atom. The maximum Gasteiger partial charge on any atom is 0.270 e. The normalized spacial score (nSPS) is 21.7. The summed E-state index contributed by atoms with van der Waals surface area (Å²) in [7, 11) is 0. The van der Waals surface area contributed by atoms with E-state index < -0.39 is 0 Å². The summed E-state index contributed by atoms with van der Waals surface area (Å²) < 4.78 is 11.3. The van der Waals surface area contributed by atoms with Gasteiger partial charge in [-0.2, -0.15) is 0 Å². The monoisotopic (exact) mass is 315 g/mol. The van der Waals surface area contributed by atoms with Gasteiger partial charge < -0.3 is 24.7 Å². The molecule has 0 aliphatic carbocycles. The first kappa shape index (κ1) is 14.5. The first-order chi connectivity index (χ1) is 11.3. The van der Waals surface area contributed by atoms with Gasteiger partial charge >= 0.3 is 0 Å². The van der Waals surface area contributed by atoms with Crippen molar-refractivity contribution in [3.63, 3.8) is 0 Å². The van der Waals surface area contributed by atoms with Gasteiger partial charge in [0.05, 0.1) is 13.2 Å². The van der Waals surface area contributed by atoms with Gasteiger partial charge in [0, 0.05) is 30.5 Å². The van der Waals surface area contributed by atoms with Crippen LogP contribution < -0.4 is 10.1 Å². The fourth-order valence-electron chi connectivity index (χ4n) is 3.16. The van der Waals surface area contributed by atoms with Crippen LogP contribution >= 0.6 is 0 Å². The predicted octanol–water partition coefficient (Wildman–Crippen LogP) is 1.38. The molecule has 0 bridgehead atoms. The molecule has 2 N–H and O–H groups in total. The first-order valence-corrected chi connectivity index (χ1v) is 8.17. The Morgan fingerprint density at radius 2 is 2.13 bits per heavy atom. The van der Waals surface area contributed by atoms with E-state index >= 15 is 0 Å². The van der Waals surface area contributed by atoms with Crippen molar-refractivity contribution in [3.8, 4) is 5.75 Å². The molecule has 2 saturated heterocycles. The molecular formula is C17H21N3O3. The summed E-state index contributed by atoms with van der Waals surface area (Å²) >= 11 is 0. The van der Waals surface area contributed by atoms with Crippen molar-refractivity contribution >= 4 is 16.8 Å². The number of hydrogen-bond donors (Lipinski definition) is 2. The molecular weight excluding hydrogens is 294 g/mol. The number of rotatable bonds is 3. The zero-order valence-corrected chi connectivity index (χ0v) is 13.0. The molecule has 1 amide bonds. The van der Waals surface area contributed by atoms with Crippen LogP contribution in [0, 0.1) is 0 Å². The van der Waals surface area contributed by atoms with Crippen LogP contribution in [0.25, 0.3) is 10.9 Å². The van der Waals surface area contributed by atoms with E-state index in [-0.39, 0.29) is 12.0 Å². The maximum absolute atomic E-state index is 12.5. The summed E-state index contributed by atoms with van der Waals surface area (Å²) in [5.74, 6) is 0.891. The molecule has 6 nitrogen and oxygen atoms in total. The third-order valence-electron chi connectivity index (χ3n) is 4.44. The van der Waals surface area contributed by atoms with E-state index in [2.05, 4.69) is 10.3 Å². The Balaban J connectivity index is 1.53. The quantitative estimate of drug-likeness (QED) is 0.898. The molecule has 6 heteroatoms. The number of ether oxygens (including phenoxy) is 2. The van der Waals surface area contributed by atoms with Gasteiger partial charge in [-0.15, -0.1) is 0 Å². The number of carbonyl (C=O) groups is 1. The van der Waals surface area contributed by atoms with E-state index in [1.807, 2.05) is 29.2 Å². The lowest BCUT2D eigenvalue weighted by molar-refractivity contribution is 0.0299. The molecule has 1 atom stereocenters. The van der Waals surface area contributed by atoms with Crippen LogP contribution in [0.2, 0.25) is 0 Å². The Bertz CT molecular complexity index is 700. The lowest BCUT2D eigenvalue weighted by Crippen LogP contribution is -2.40. The molecule has 23 heavy (non-hydrogen) atoms. The summed E-state index contributed by atoms with van der Waals surface area (Å²) in [6.45, 7) is 4.43. The van der Waals surface area contributed by atoms with Crippen molar-refractivity contribution in [1.82, 2.24) is 15.2 Å². The Morgan fingerprint density at radius 3 is 2.91 bits per heavy atom. The Hall–Kier alpha value is -2.05. The molecule has 0 unspecified atom stereocenters. The second-order valence-corrected chi connectivity index (χ2v) is 6.07. The van der Waals surface area contributed by atoms with Gasteiger partial charge in [-0.25, -0.2) is 0 Å². The van der Waals surface area contributed by atoms with E-state index in [1.165, 1.54) is 0 Å². The zero-order valence-electron chi connectivity index (χ0n) is 13.0. The lowest BCUT2D eigenvalue weighted by atomic mass is 10.2. The van der Waals surface area contributed by atoms with Gasteiger partial charge in [0.2, 0.25) is 0 Å². The van der Waals surface area contributed by atoms with E-state index in [0.717, 1.165) is 36.2 Å². The molecule has 122 valence electrons. The van der Waals surface area contributed by atoms with E-state index in [4.69, 9.17) is 9.47 Å². The van der Waals surface area contributed by atoms with Crippen molar-refractivity contribution in [2.75, 3.05) is 39.4 Å². The van der Waals surface area contributed by atoms with E-state index in [1.54, 1.807) is 0 Å². The van der Waals surface area contributed by atoms with Crippen LogP contribution in [0.5, 0.6) is 5.75 Å². The molecule has 1 aromatic heterocycles. The number of aromatic amines is 1. The number of nitrogens with one attached hydrogen (secondary N) is 2. The number of H-pyrrole nitrogens is 1. The minimum atomic E-state index is 0.0342. The summed E-state index contributed by atoms with van der Waals surface area (Å²) in [4.78, 5) is 17.6. The molecule has 2 aliphatic heterocycles. The van der Waals surface area contributed by atoms with Gasteiger partial charge in [-0.3, -0.25) is 4.79 Å². The molecule has 2 fully saturated rings. The van der Waals surface area contributed by atoms with Crippen LogP contribution in [0.15, 0.2) is 24.3 Å². The molecule has 3 heterocycles. The largest absolute Gasteiger partial charge is 0.489 e. The topological polar surface area (TPSA) is 66.6 Å². The van der Waals surface area contributed by atoms with Crippen molar-refractivity contribution in [2.45, 2.75) is 12.5 Å². The highest BCUT2D eigenvalue weighted by Crippen LogP contribution is 2.24. The summed E-state index contributed by atoms with van der Waals surface area (Å²) in [6.07, 6.45) is 1.27. The van der Waals surface area contributed by atoms with Crippen LogP contribution in [0.4, 0.5) is 0 Å². The highest BCUT2D eigenvalue weighted by atomic mass is 16.5. The number of aromatic nitrogens is 1. The second-order valence-electron chi connectivity index (χ2n) is 6.07. The van der Waals surface area contributed by atoms with Crippen molar-refractivity contribution in [3.05, 3.63) is 30.0 Å². The van der Waals surface area contributed by atoms with Crippen LogP contribution in [-0.2, 0) is 4.74 Å². The Labute approximate surface area is 134 Å².